The van der Waals surface area contributed by atoms with E-state index >= 15 is 0 Å². The summed E-state index contributed by atoms with van der Waals surface area (Å²) in [5.74, 6) is 0.822. The molecule has 0 radical (unpaired) electrons. The lowest BCUT2D eigenvalue weighted by molar-refractivity contribution is 0.103. The van der Waals surface area contributed by atoms with E-state index in [4.69, 9.17) is 0 Å². The summed E-state index contributed by atoms with van der Waals surface area (Å²) in [5, 5.41) is 8.02. The van der Waals surface area contributed by atoms with Crippen molar-refractivity contribution >= 4 is 28.4 Å². The van der Waals surface area contributed by atoms with E-state index in [1.165, 1.54) is 0 Å². The molecule has 0 unspecified atom stereocenters. The van der Waals surface area contributed by atoms with Gasteiger partial charge in [0.2, 0.25) is 0 Å². The first-order valence-electron chi connectivity index (χ1n) is 6.45. The quantitative estimate of drug-likeness (QED) is 0.390. The zero-order valence-electron chi connectivity index (χ0n) is 11.1. The summed E-state index contributed by atoms with van der Waals surface area (Å²) in [5.41, 5.74) is 2.13. The van der Waals surface area contributed by atoms with Crippen molar-refractivity contribution < 1.29 is 4.79 Å². The molecule has 0 aliphatic heterocycles. The van der Waals surface area contributed by atoms with Gasteiger partial charge in [-0.1, -0.05) is 65.1 Å². The third-order valence-electron chi connectivity index (χ3n) is 3.18. The van der Waals surface area contributed by atoms with E-state index in [0.29, 0.717) is 11.1 Å². The zero-order valence-corrected chi connectivity index (χ0v) is 13.3. The number of benzene rings is 2. The summed E-state index contributed by atoms with van der Waals surface area (Å²) in [6, 6.07) is 16.8. The number of hydrogen-bond donors (Lipinski definition) is 0. The fourth-order valence-electron chi connectivity index (χ4n) is 2.17. The zero-order chi connectivity index (χ0) is 14.7. The van der Waals surface area contributed by atoms with Gasteiger partial charge in [0, 0.05) is 11.1 Å². The van der Waals surface area contributed by atoms with Crippen LogP contribution in [-0.4, -0.2) is 20.5 Å². The lowest BCUT2D eigenvalue weighted by Gasteiger charge is -2.10. The van der Waals surface area contributed by atoms with E-state index in [-0.39, 0.29) is 5.78 Å². The first-order valence-corrected chi connectivity index (χ1v) is 7.98. The second kappa shape index (κ2) is 6.17. The molecule has 0 fully saturated rings. The summed E-state index contributed by atoms with van der Waals surface area (Å²) in [4.78, 5) is 12.7. The minimum atomic E-state index is -0.000641. The third kappa shape index (κ3) is 2.73. The van der Waals surface area contributed by atoms with Crippen molar-refractivity contribution in [1.82, 2.24) is 14.8 Å². The van der Waals surface area contributed by atoms with Crippen LogP contribution in [0.5, 0.6) is 0 Å². The Kier molecular flexibility index (Phi) is 4.10. The van der Waals surface area contributed by atoms with Gasteiger partial charge in [0.25, 0.3) is 0 Å². The maximum atomic E-state index is 12.7. The van der Waals surface area contributed by atoms with E-state index < -0.39 is 0 Å². The summed E-state index contributed by atoms with van der Waals surface area (Å²) in [6.45, 7) is 0. The van der Waals surface area contributed by atoms with Gasteiger partial charge in [-0.25, -0.2) is 0 Å². The van der Waals surface area contributed by atoms with Gasteiger partial charge >= 0.3 is 0 Å². The van der Waals surface area contributed by atoms with Crippen molar-refractivity contribution in [2.24, 2.45) is 0 Å². The first kappa shape index (κ1) is 13.9. The van der Waals surface area contributed by atoms with Gasteiger partial charge in [0.15, 0.2) is 5.78 Å². The van der Waals surface area contributed by atoms with Gasteiger partial charge in [-0.3, -0.25) is 9.36 Å². The van der Waals surface area contributed by atoms with Crippen LogP contribution in [-0.2, 0) is 4.43 Å². The number of ketones is 1. The van der Waals surface area contributed by atoms with Crippen LogP contribution in [0.4, 0.5) is 0 Å². The average molecular weight is 389 g/mol. The molecule has 0 amide bonds. The molecule has 0 atom stereocenters. The van der Waals surface area contributed by atoms with Crippen molar-refractivity contribution in [2.75, 3.05) is 0 Å². The van der Waals surface area contributed by atoms with Crippen molar-refractivity contribution in [2.45, 2.75) is 4.43 Å². The van der Waals surface area contributed by atoms with E-state index in [0.717, 1.165) is 15.9 Å². The van der Waals surface area contributed by atoms with Gasteiger partial charge in [0.05, 0.1) is 10.1 Å². The highest BCUT2D eigenvalue weighted by molar-refractivity contribution is 14.1. The Morgan fingerprint density at radius 1 is 1.05 bits per heavy atom. The van der Waals surface area contributed by atoms with Crippen LogP contribution in [0.1, 0.15) is 21.7 Å². The number of halogens is 1. The Hall–Kier alpha value is -2.02. The Bertz CT molecular complexity index is 768. The molecule has 4 nitrogen and oxygen atoms in total. The molecule has 1 aromatic heterocycles. The second-order valence-corrected chi connectivity index (χ2v) is 5.23. The fourth-order valence-corrected chi connectivity index (χ4v) is 2.69. The van der Waals surface area contributed by atoms with Gasteiger partial charge in [-0.15, -0.1) is 10.2 Å². The minimum absolute atomic E-state index is 0.000641. The monoisotopic (exact) mass is 389 g/mol. The van der Waals surface area contributed by atoms with Crippen LogP contribution in [0.3, 0.4) is 0 Å². The number of nitrogens with zero attached hydrogens (tertiary/aromatic N) is 3. The van der Waals surface area contributed by atoms with Crippen molar-refractivity contribution in [3.8, 4) is 5.69 Å². The Balaban J connectivity index is 2.11. The average Bonchev–Trinajstić information content (AvgIpc) is 3.03. The molecule has 0 aliphatic rings. The Labute approximate surface area is 136 Å². The topological polar surface area (TPSA) is 47.8 Å². The molecular formula is C16H12IN3O. The highest BCUT2D eigenvalue weighted by Crippen LogP contribution is 2.20. The molecular weight excluding hydrogens is 377 g/mol. The molecule has 0 N–H and O–H groups in total. The second-order valence-electron chi connectivity index (χ2n) is 4.46. The summed E-state index contributed by atoms with van der Waals surface area (Å²) < 4.78 is 2.59. The molecule has 2 aromatic carbocycles. The Morgan fingerprint density at radius 2 is 1.76 bits per heavy atom. The van der Waals surface area contributed by atoms with Gasteiger partial charge in [-0.05, 0) is 12.1 Å². The number of para-hydroxylation sites is 1. The maximum absolute atomic E-state index is 12.7. The molecule has 3 aromatic rings. The maximum Gasteiger partial charge on any atom is 0.195 e. The predicted octanol–water partition coefficient (Wildman–Crippen LogP) is 3.43. The molecule has 0 spiro atoms. The number of aromatic nitrogens is 3. The van der Waals surface area contributed by atoms with E-state index in [9.17, 15) is 4.79 Å². The molecule has 3 rings (SSSR count). The fraction of sp³-hybridized carbons (Fsp3) is 0.0625. The highest BCUT2D eigenvalue weighted by Gasteiger charge is 2.16. The van der Waals surface area contributed by atoms with E-state index in [1.54, 1.807) is 6.33 Å². The summed E-state index contributed by atoms with van der Waals surface area (Å²) in [7, 11) is 0. The lowest BCUT2D eigenvalue weighted by Crippen LogP contribution is -2.08. The molecule has 1 heterocycles. The molecule has 104 valence electrons. The first-order chi connectivity index (χ1) is 10.3. The number of carbonyl (C=O) groups excluding carboxylic acids is 1. The lowest BCUT2D eigenvalue weighted by atomic mass is 10.0. The predicted molar refractivity (Wildman–Crippen MR) is 89.0 cm³/mol. The normalized spacial score (nSPS) is 10.5. The van der Waals surface area contributed by atoms with Crippen LogP contribution in [0, 0.1) is 0 Å². The van der Waals surface area contributed by atoms with Gasteiger partial charge < -0.3 is 0 Å². The number of rotatable bonds is 4. The van der Waals surface area contributed by atoms with Gasteiger partial charge in [0.1, 0.15) is 12.2 Å². The molecule has 0 bridgehead atoms. The molecule has 0 aliphatic carbocycles. The van der Waals surface area contributed by atoms with E-state index in [2.05, 4.69) is 32.8 Å². The largest absolute Gasteiger partial charge is 0.289 e. The number of hydrogen-bond acceptors (Lipinski definition) is 3. The van der Waals surface area contributed by atoms with Crippen molar-refractivity contribution in [1.29, 1.82) is 0 Å². The minimum Gasteiger partial charge on any atom is -0.289 e. The summed E-state index contributed by atoms with van der Waals surface area (Å²) >= 11 is 2.23. The number of carbonyl (C=O) groups is 1. The van der Waals surface area contributed by atoms with Crippen LogP contribution in [0.2, 0.25) is 0 Å². The van der Waals surface area contributed by atoms with Crippen molar-refractivity contribution in [3.05, 3.63) is 77.9 Å². The molecule has 21 heavy (non-hydrogen) atoms. The standard InChI is InChI=1S/C16H12IN3O/c17-10-15-19-18-11-20(15)14-9-5-4-8-13(14)16(21)12-6-2-1-3-7-12/h1-9,11H,10H2. The highest BCUT2D eigenvalue weighted by atomic mass is 127. The molecule has 0 saturated carbocycles. The van der Waals surface area contributed by atoms with Crippen LogP contribution < -0.4 is 0 Å². The SMILES string of the molecule is O=C(c1ccccc1)c1ccccc1-n1cnnc1CI. The summed E-state index contributed by atoms with van der Waals surface area (Å²) in [6.07, 6.45) is 1.64. The molecule has 5 heteroatoms. The van der Waals surface area contributed by atoms with Crippen LogP contribution in [0.25, 0.3) is 5.69 Å². The Morgan fingerprint density at radius 3 is 2.52 bits per heavy atom. The third-order valence-corrected chi connectivity index (χ3v) is 3.86. The van der Waals surface area contributed by atoms with Gasteiger partial charge in [-0.2, -0.15) is 0 Å². The number of alkyl halides is 1. The van der Waals surface area contributed by atoms with E-state index in [1.807, 2.05) is 59.2 Å². The van der Waals surface area contributed by atoms with Crippen LogP contribution >= 0.6 is 22.6 Å². The van der Waals surface area contributed by atoms with Crippen molar-refractivity contribution in [3.63, 3.8) is 0 Å². The van der Waals surface area contributed by atoms with Crippen LogP contribution in [0.15, 0.2) is 60.9 Å². The molecule has 0 saturated heterocycles. The smallest absolute Gasteiger partial charge is 0.195 e.